The second-order valence-corrected chi connectivity index (χ2v) is 3.45. The lowest BCUT2D eigenvalue weighted by Crippen LogP contribution is -2.38. The van der Waals surface area contributed by atoms with E-state index in [2.05, 4.69) is 9.88 Å². The van der Waals surface area contributed by atoms with Crippen LogP contribution in [0.15, 0.2) is 24.5 Å². The van der Waals surface area contributed by atoms with Crippen molar-refractivity contribution in [3.63, 3.8) is 0 Å². The highest BCUT2D eigenvalue weighted by Gasteiger charge is 2.17. The number of anilines is 1. The lowest BCUT2D eigenvalue weighted by molar-refractivity contribution is 0.154. The molecule has 2 heterocycles. The molecule has 1 aromatic rings. The first-order valence-electron chi connectivity index (χ1n) is 4.69. The molecule has 1 saturated heterocycles. The van der Waals surface area contributed by atoms with Crippen LogP contribution in [-0.2, 0) is 0 Å². The van der Waals surface area contributed by atoms with Crippen LogP contribution >= 0.6 is 0 Å². The summed E-state index contributed by atoms with van der Waals surface area (Å²) in [5, 5.41) is 9.48. The minimum absolute atomic E-state index is 0.165. The average Bonchev–Trinajstić information content (AvgIpc) is 2.19. The van der Waals surface area contributed by atoms with Gasteiger partial charge in [0.05, 0.1) is 6.10 Å². The maximum absolute atomic E-state index is 9.48. The summed E-state index contributed by atoms with van der Waals surface area (Å²) in [4.78, 5) is 6.17. The van der Waals surface area contributed by atoms with Gasteiger partial charge in [-0.15, -0.1) is 0 Å². The maximum atomic E-state index is 9.48. The number of aliphatic hydroxyl groups excluding tert-OH is 1. The van der Waals surface area contributed by atoms with E-state index in [0.717, 1.165) is 31.6 Å². The Bertz CT molecular complexity index is 263. The molecule has 0 saturated carbocycles. The number of nitrogens with zero attached hydrogens (tertiary/aromatic N) is 2. The van der Waals surface area contributed by atoms with Crippen LogP contribution in [0.25, 0.3) is 0 Å². The van der Waals surface area contributed by atoms with Crippen molar-refractivity contribution in [2.75, 3.05) is 18.0 Å². The molecule has 1 unspecified atom stereocenters. The molecule has 70 valence electrons. The number of hydrogen-bond donors (Lipinski definition) is 1. The minimum Gasteiger partial charge on any atom is -0.391 e. The van der Waals surface area contributed by atoms with Gasteiger partial charge in [-0.2, -0.15) is 0 Å². The van der Waals surface area contributed by atoms with Crippen molar-refractivity contribution in [1.82, 2.24) is 4.98 Å². The molecule has 1 aromatic heterocycles. The third-order valence-electron chi connectivity index (χ3n) is 2.42. The van der Waals surface area contributed by atoms with Gasteiger partial charge in [0, 0.05) is 31.2 Å². The van der Waals surface area contributed by atoms with Gasteiger partial charge in [0.25, 0.3) is 0 Å². The van der Waals surface area contributed by atoms with Gasteiger partial charge in [0.15, 0.2) is 0 Å². The van der Waals surface area contributed by atoms with Crippen LogP contribution < -0.4 is 4.90 Å². The largest absolute Gasteiger partial charge is 0.391 e. The Morgan fingerprint density at radius 3 is 2.85 bits per heavy atom. The van der Waals surface area contributed by atoms with E-state index in [1.165, 1.54) is 0 Å². The zero-order chi connectivity index (χ0) is 9.10. The lowest BCUT2D eigenvalue weighted by atomic mass is 10.1. The van der Waals surface area contributed by atoms with Crippen LogP contribution in [0.3, 0.4) is 0 Å². The number of aliphatic hydroxyl groups is 1. The Morgan fingerprint density at radius 1 is 1.38 bits per heavy atom. The highest BCUT2D eigenvalue weighted by molar-refractivity contribution is 5.44. The molecule has 13 heavy (non-hydrogen) atoms. The quantitative estimate of drug-likeness (QED) is 0.698. The molecule has 1 N–H and O–H groups in total. The van der Waals surface area contributed by atoms with Gasteiger partial charge >= 0.3 is 0 Å². The lowest BCUT2D eigenvalue weighted by Gasteiger charge is -2.31. The Balaban J connectivity index is 2.08. The van der Waals surface area contributed by atoms with Crippen molar-refractivity contribution in [2.24, 2.45) is 0 Å². The van der Waals surface area contributed by atoms with E-state index in [9.17, 15) is 5.11 Å². The third kappa shape index (κ3) is 1.98. The van der Waals surface area contributed by atoms with Crippen molar-refractivity contribution < 1.29 is 5.11 Å². The minimum atomic E-state index is -0.165. The van der Waals surface area contributed by atoms with Crippen LogP contribution in [-0.4, -0.2) is 29.3 Å². The molecule has 0 aliphatic carbocycles. The predicted octanol–water partition coefficient (Wildman–Crippen LogP) is 1.04. The molecule has 1 aliphatic heterocycles. The second kappa shape index (κ2) is 3.75. The van der Waals surface area contributed by atoms with Gasteiger partial charge in [0.1, 0.15) is 0 Å². The molecule has 0 bridgehead atoms. The molecule has 0 amide bonds. The molecule has 3 nitrogen and oxygen atoms in total. The van der Waals surface area contributed by atoms with E-state index in [0.29, 0.717) is 0 Å². The Labute approximate surface area is 78.0 Å². The normalized spacial score (nSPS) is 23.2. The van der Waals surface area contributed by atoms with E-state index < -0.39 is 0 Å². The molecule has 1 aliphatic rings. The van der Waals surface area contributed by atoms with Crippen LogP contribution in [0.5, 0.6) is 0 Å². The topological polar surface area (TPSA) is 36.4 Å². The molecule has 0 spiro atoms. The van der Waals surface area contributed by atoms with Crippen LogP contribution in [0, 0.1) is 0 Å². The summed E-state index contributed by atoms with van der Waals surface area (Å²) in [6, 6.07) is 3.97. The van der Waals surface area contributed by atoms with Crippen molar-refractivity contribution in [3.8, 4) is 0 Å². The second-order valence-electron chi connectivity index (χ2n) is 3.45. The number of piperidine rings is 1. The molecule has 1 atom stereocenters. The summed E-state index contributed by atoms with van der Waals surface area (Å²) in [5.74, 6) is 0. The van der Waals surface area contributed by atoms with Crippen LogP contribution in [0.4, 0.5) is 5.69 Å². The van der Waals surface area contributed by atoms with Crippen LogP contribution in [0.2, 0.25) is 0 Å². The maximum Gasteiger partial charge on any atom is 0.0715 e. The van der Waals surface area contributed by atoms with Crippen molar-refractivity contribution in [2.45, 2.75) is 18.9 Å². The summed E-state index contributed by atoms with van der Waals surface area (Å²) < 4.78 is 0. The Kier molecular flexibility index (Phi) is 2.45. The molecule has 3 heteroatoms. The number of rotatable bonds is 1. The smallest absolute Gasteiger partial charge is 0.0715 e. The first-order valence-corrected chi connectivity index (χ1v) is 4.69. The molecular formula is C10H14N2O. The monoisotopic (exact) mass is 178 g/mol. The molecule has 1 fully saturated rings. The fourth-order valence-electron chi connectivity index (χ4n) is 1.74. The zero-order valence-corrected chi connectivity index (χ0v) is 7.56. The number of hydrogen-bond acceptors (Lipinski definition) is 3. The van der Waals surface area contributed by atoms with Crippen molar-refractivity contribution in [3.05, 3.63) is 24.5 Å². The van der Waals surface area contributed by atoms with E-state index >= 15 is 0 Å². The van der Waals surface area contributed by atoms with Crippen molar-refractivity contribution >= 4 is 5.69 Å². The van der Waals surface area contributed by atoms with Gasteiger partial charge in [-0.3, -0.25) is 4.98 Å². The van der Waals surface area contributed by atoms with Gasteiger partial charge < -0.3 is 10.0 Å². The summed E-state index contributed by atoms with van der Waals surface area (Å²) in [6.45, 7) is 1.80. The zero-order valence-electron chi connectivity index (χ0n) is 7.56. The van der Waals surface area contributed by atoms with Crippen LogP contribution in [0.1, 0.15) is 12.8 Å². The molecular weight excluding hydrogens is 164 g/mol. The van der Waals surface area contributed by atoms with Crippen molar-refractivity contribution in [1.29, 1.82) is 0 Å². The Hall–Kier alpha value is -1.09. The fourth-order valence-corrected chi connectivity index (χ4v) is 1.74. The molecule has 0 aromatic carbocycles. The standard InChI is InChI=1S/C10H14N2O/c13-10-2-1-7-12(8-10)9-3-5-11-6-4-9/h3-6,10,13H,1-2,7-8H2. The predicted molar refractivity (Wildman–Crippen MR) is 51.7 cm³/mol. The van der Waals surface area contributed by atoms with Gasteiger partial charge in [-0.25, -0.2) is 0 Å². The van der Waals surface area contributed by atoms with E-state index in [-0.39, 0.29) is 6.10 Å². The first-order chi connectivity index (χ1) is 6.36. The van der Waals surface area contributed by atoms with E-state index in [4.69, 9.17) is 0 Å². The first kappa shape index (κ1) is 8.51. The third-order valence-corrected chi connectivity index (χ3v) is 2.42. The van der Waals surface area contributed by atoms with Gasteiger partial charge in [-0.1, -0.05) is 0 Å². The highest BCUT2D eigenvalue weighted by Crippen LogP contribution is 2.18. The highest BCUT2D eigenvalue weighted by atomic mass is 16.3. The van der Waals surface area contributed by atoms with E-state index in [1.54, 1.807) is 12.4 Å². The molecule has 0 radical (unpaired) electrons. The summed E-state index contributed by atoms with van der Waals surface area (Å²) in [6.07, 6.45) is 5.42. The summed E-state index contributed by atoms with van der Waals surface area (Å²) in [7, 11) is 0. The van der Waals surface area contributed by atoms with E-state index in [1.807, 2.05) is 12.1 Å². The molecule has 2 rings (SSSR count). The Morgan fingerprint density at radius 2 is 2.15 bits per heavy atom. The fraction of sp³-hybridized carbons (Fsp3) is 0.500. The number of β-amino-alcohol motifs (C(OH)–C–C–N with tert-alkyl or cyclic N) is 1. The average molecular weight is 178 g/mol. The number of aromatic nitrogens is 1. The van der Waals surface area contributed by atoms with Gasteiger partial charge in [0.2, 0.25) is 0 Å². The van der Waals surface area contributed by atoms with Gasteiger partial charge in [-0.05, 0) is 25.0 Å². The summed E-state index contributed by atoms with van der Waals surface area (Å²) >= 11 is 0. The summed E-state index contributed by atoms with van der Waals surface area (Å²) in [5.41, 5.74) is 1.16. The SMILES string of the molecule is OC1CCCN(c2ccncc2)C1. The number of pyridine rings is 1.